The normalized spacial score (nSPS) is 11.0. The fraction of sp³-hybridized carbons (Fsp3) is 0.263. The zero-order chi connectivity index (χ0) is 20.2. The van der Waals surface area contributed by atoms with Crippen LogP contribution in [0, 0.1) is 0 Å². The van der Waals surface area contributed by atoms with Crippen molar-refractivity contribution in [3.8, 4) is 11.5 Å². The number of halogens is 2. The highest BCUT2D eigenvalue weighted by atomic mass is 35.5. The zero-order valence-electron chi connectivity index (χ0n) is 15.1. The van der Waals surface area contributed by atoms with E-state index in [2.05, 4.69) is 31.4 Å². The molecule has 2 rings (SSSR count). The van der Waals surface area contributed by atoms with Gasteiger partial charge in [-0.15, -0.1) is 0 Å². The Kier molecular flexibility index (Phi) is 6.92. The third-order valence-corrected chi connectivity index (χ3v) is 4.40. The maximum Gasteiger partial charge on any atom is 0.264 e. The molecule has 3 N–H and O–H groups in total. The van der Waals surface area contributed by atoms with Gasteiger partial charge in [-0.2, -0.15) is 0 Å². The number of ether oxygens (including phenoxy) is 1. The van der Waals surface area contributed by atoms with Crippen molar-refractivity contribution in [1.82, 2.24) is 5.32 Å². The Morgan fingerprint density at radius 1 is 1.15 bits per heavy atom. The van der Waals surface area contributed by atoms with Gasteiger partial charge in [0.2, 0.25) is 0 Å². The van der Waals surface area contributed by atoms with Gasteiger partial charge in [0.25, 0.3) is 5.91 Å². The Labute approximate surface area is 173 Å². The molecule has 0 atom stereocenters. The number of anilines is 1. The van der Waals surface area contributed by atoms with E-state index >= 15 is 0 Å². The maximum absolute atomic E-state index is 12.0. The summed E-state index contributed by atoms with van der Waals surface area (Å²) in [6.07, 6.45) is 0. The number of rotatable bonds is 4. The van der Waals surface area contributed by atoms with E-state index in [-0.39, 0.29) is 32.9 Å². The fourth-order valence-corrected chi connectivity index (χ4v) is 2.88. The molecule has 0 saturated heterocycles. The van der Waals surface area contributed by atoms with Crippen LogP contribution in [0.2, 0.25) is 10.0 Å². The Hall–Kier alpha value is -2.02. The minimum Gasteiger partial charge on any atom is -0.505 e. The van der Waals surface area contributed by atoms with Gasteiger partial charge in [0.15, 0.2) is 17.5 Å². The zero-order valence-corrected chi connectivity index (χ0v) is 17.4. The van der Waals surface area contributed by atoms with E-state index in [0.29, 0.717) is 11.4 Å². The van der Waals surface area contributed by atoms with Gasteiger partial charge < -0.3 is 15.2 Å². The lowest BCUT2D eigenvalue weighted by Gasteiger charge is -2.19. The summed E-state index contributed by atoms with van der Waals surface area (Å²) < 4.78 is 5.47. The molecule has 0 heterocycles. The lowest BCUT2D eigenvalue weighted by molar-refractivity contribution is -0.121. The average Bonchev–Trinajstić information content (AvgIpc) is 2.57. The van der Waals surface area contributed by atoms with Crippen molar-refractivity contribution in [3.05, 3.63) is 52.0 Å². The molecule has 0 fully saturated rings. The summed E-state index contributed by atoms with van der Waals surface area (Å²) in [5.74, 6) is -0.0396. The Bertz CT molecular complexity index is 826. The molecule has 0 bridgehead atoms. The molecule has 144 valence electrons. The van der Waals surface area contributed by atoms with Crippen LogP contribution in [0.5, 0.6) is 11.5 Å². The van der Waals surface area contributed by atoms with Gasteiger partial charge in [-0.1, -0.05) is 56.1 Å². The van der Waals surface area contributed by atoms with Gasteiger partial charge in [-0.3, -0.25) is 10.1 Å². The first-order valence-electron chi connectivity index (χ1n) is 8.08. The van der Waals surface area contributed by atoms with Crippen molar-refractivity contribution in [2.75, 3.05) is 11.9 Å². The monoisotopic (exact) mass is 426 g/mol. The number of phenols is 1. The number of thiocarbonyl (C=S) groups is 1. The molecule has 27 heavy (non-hydrogen) atoms. The van der Waals surface area contributed by atoms with E-state index in [1.165, 1.54) is 17.7 Å². The van der Waals surface area contributed by atoms with Gasteiger partial charge in [-0.05, 0) is 47.5 Å². The van der Waals surface area contributed by atoms with E-state index in [1.54, 1.807) is 0 Å². The lowest BCUT2D eigenvalue weighted by Crippen LogP contribution is -2.37. The number of carbonyl (C=O) groups excluding carboxylic acids is 1. The van der Waals surface area contributed by atoms with Crippen molar-refractivity contribution in [1.29, 1.82) is 0 Å². The topological polar surface area (TPSA) is 70.6 Å². The molecule has 8 heteroatoms. The number of hydrogen-bond acceptors (Lipinski definition) is 4. The lowest BCUT2D eigenvalue weighted by atomic mass is 9.87. The third kappa shape index (κ3) is 6.27. The first kappa shape index (κ1) is 21.3. The van der Waals surface area contributed by atoms with Crippen LogP contribution in [0.4, 0.5) is 5.69 Å². The first-order valence-corrected chi connectivity index (χ1v) is 9.25. The number of carbonyl (C=O) groups is 1. The van der Waals surface area contributed by atoms with Crippen LogP contribution >= 0.6 is 35.4 Å². The van der Waals surface area contributed by atoms with E-state index < -0.39 is 5.91 Å². The molecule has 0 unspecified atom stereocenters. The second kappa shape index (κ2) is 8.78. The molecule has 0 radical (unpaired) electrons. The molecule has 0 aliphatic rings. The van der Waals surface area contributed by atoms with Crippen LogP contribution in [0.25, 0.3) is 0 Å². The number of nitrogens with one attached hydrogen (secondary N) is 2. The van der Waals surface area contributed by atoms with E-state index in [4.69, 9.17) is 40.2 Å². The fourth-order valence-electron chi connectivity index (χ4n) is 2.16. The Morgan fingerprint density at radius 3 is 2.22 bits per heavy atom. The summed E-state index contributed by atoms with van der Waals surface area (Å²) in [6.45, 7) is 6.18. The van der Waals surface area contributed by atoms with Crippen LogP contribution in [0.3, 0.4) is 0 Å². The highest BCUT2D eigenvalue weighted by Crippen LogP contribution is 2.34. The second-order valence-corrected chi connectivity index (χ2v) is 8.08. The van der Waals surface area contributed by atoms with Gasteiger partial charge in [0.05, 0.1) is 10.0 Å². The number of phenolic OH excluding ortho intramolecular Hbond substituents is 1. The minimum absolute atomic E-state index is 0.0494. The van der Waals surface area contributed by atoms with Crippen molar-refractivity contribution in [2.45, 2.75) is 26.2 Å². The van der Waals surface area contributed by atoms with Crippen LogP contribution in [0.1, 0.15) is 26.3 Å². The van der Waals surface area contributed by atoms with Crippen LogP contribution in [-0.2, 0) is 10.2 Å². The molecule has 0 saturated carbocycles. The van der Waals surface area contributed by atoms with Crippen molar-refractivity contribution < 1.29 is 14.6 Å². The largest absolute Gasteiger partial charge is 0.505 e. The molecule has 0 aromatic heterocycles. The number of aromatic hydroxyl groups is 1. The number of amides is 1. The van der Waals surface area contributed by atoms with Crippen LogP contribution in [0.15, 0.2) is 36.4 Å². The van der Waals surface area contributed by atoms with Gasteiger partial charge >= 0.3 is 0 Å². The van der Waals surface area contributed by atoms with Gasteiger partial charge in [0, 0.05) is 5.69 Å². The average molecular weight is 427 g/mol. The molecular weight excluding hydrogens is 407 g/mol. The maximum atomic E-state index is 12.0. The van der Waals surface area contributed by atoms with Crippen molar-refractivity contribution in [3.63, 3.8) is 0 Å². The molecule has 0 spiro atoms. The summed E-state index contributed by atoms with van der Waals surface area (Å²) in [5, 5.41) is 15.0. The molecule has 2 aromatic rings. The Balaban J connectivity index is 1.86. The summed E-state index contributed by atoms with van der Waals surface area (Å²) >= 11 is 16.8. The highest BCUT2D eigenvalue weighted by molar-refractivity contribution is 7.80. The SMILES string of the molecule is CC(C)(C)c1ccc(OCC(=O)NC(=S)Nc2cc(Cl)c(O)c(Cl)c2)cc1. The van der Waals surface area contributed by atoms with E-state index in [9.17, 15) is 9.90 Å². The molecule has 5 nitrogen and oxygen atoms in total. The number of hydrogen-bond donors (Lipinski definition) is 3. The predicted octanol–water partition coefficient (Wildman–Crippen LogP) is 4.89. The van der Waals surface area contributed by atoms with Crippen LogP contribution in [-0.4, -0.2) is 22.7 Å². The minimum atomic E-state index is -0.414. The number of benzene rings is 2. The van der Waals surface area contributed by atoms with E-state index in [1.807, 2.05) is 24.3 Å². The highest BCUT2D eigenvalue weighted by Gasteiger charge is 2.13. The second-order valence-electron chi connectivity index (χ2n) is 6.85. The van der Waals surface area contributed by atoms with E-state index in [0.717, 1.165) is 0 Å². The molecule has 1 amide bonds. The van der Waals surface area contributed by atoms with Crippen molar-refractivity contribution in [2.24, 2.45) is 0 Å². The van der Waals surface area contributed by atoms with Crippen LogP contribution < -0.4 is 15.4 Å². The van der Waals surface area contributed by atoms with Gasteiger partial charge in [-0.25, -0.2) is 0 Å². The molecular formula is C19H20Cl2N2O3S. The quantitative estimate of drug-likeness (QED) is 0.479. The van der Waals surface area contributed by atoms with Crippen molar-refractivity contribution >= 4 is 52.1 Å². The summed E-state index contributed by atoms with van der Waals surface area (Å²) in [5.41, 5.74) is 1.66. The molecule has 0 aliphatic heterocycles. The summed E-state index contributed by atoms with van der Waals surface area (Å²) in [6, 6.07) is 10.5. The third-order valence-electron chi connectivity index (χ3n) is 3.62. The Morgan fingerprint density at radius 2 is 1.70 bits per heavy atom. The smallest absolute Gasteiger partial charge is 0.264 e. The summed E-state index contributed by atoms with van der Waals surface area (Å²) in [7, 11) is 0. The van der Waals surface area contributed by atoms with Gasteiger partial charge in [0.1, 0.15) is 5.75 Å². The first-order chi connectivity index (χ1) is 12.6. The molecule has 2 aromatic carbocycles. The molecule has 0 aliphatic carbocycles. The standard InChI is InChI=1S/C19H20Cl2N2O3S/c1-19(2,3)11-4-6-13(7-5-11)26-10-16(24)23-18(27)22-12-8-14(20)17(25)15(21)9-12/h4-9,25H,10H2,1-3H3,(H2,22,23,24,27). The predicted molar refractivity (Wildman–Crippen MR) is 113 cm³/mol. The summed E-state index contributed by atoms with van der Waals surface area (Å²) in [4.78, 5) is 12.0.